The normalized spacial score (nSPS) is 23.5. The Hall–Kier alpha value is 0.430. The maximum atomic E-state index is 6.00. The van der Waals surface area contributed by atoms with Crippen molar-refractivity contribution < 1.29 is 0 Å². The van der Waals surface area contributed by atoms with Gasteiger partial charge in [0.05, 0.1) is 0 Å². The van der Waals surface area contributed by atoms with Crippen LogP contribution in [0.4, 0.5) is 0 Å². The molecule has 0 saturated carbocycles. The molecule has 0 radical (unpaired) electrons. The van der Waals surface area contributed by atoms with E-state index in [4.69, 9.17) is 46.4 Å². The number of halogens is 4. The Bertz CT molecular complexity index is 212. The summed E-state index contributed by atoms with van der Waals surface area (Å²) in [4.78, 5) is 1.35. The average Bonchev–Trinajstić information content (AvgIpc) is 2.28. The molecule has 0 amide bonds. The van der Waals surface area contributed by atoms with E-state index in [1.807, 2.05) is 13.8 Å². The monoisotopic (exact) mass is 263 g/mol. The van der Waals surface area contributed by atoms with E-state index in [0.29, 0.717) is 0 Å². The first-order valence-corrected chi connectivity index (χ1v) is 5.22. The fraction of sp³-hybridized carbons (Fsp3) is 0.833. The van der Waals surface area contributed by atoms with Gasteiger partial charge in [-0.05, 0) is 13.8 Å². The van der Waals surface area contributed by atoms with Crippen molar-refractivity contribution in [3.8, 4) is 0 Å². The molecule has 1 heterocycles. The molecule has 0 spiro atoms. The van der Waals surface area contributed by atoms with Crippen molar-refractivity contribution in [2.75, 3.05) is 0 Å². The third kappa shape index (κ3) is 2.46. The third-order valence-corrected chi connectivity index (χ3v) is 2.57. The minimum Gasteiger partial charge on any atom is -0.281 e. The number of hydrazone groups is 1. The van der Waals surface area contributed by atoms with E-state index >= 15 is 0 Å². The summed E-state index contributed by atoms with van der Waals surface area (Å²) in [6.45, 7) is 3.91. The molecule has 0 saturated heterocycles. The first-order chi connectivity index (χ1) is 5.84. The summed E-state index contributed by atoms with van der Waals surface area (Å²) in [5, 5.41) is 5.66. The van der Waals surface area contributed by atoms with Gasteiger partial charge in [0.1, 0.15) is 6.34 Å². The maximum absolute atomic E-state index is 6.00. The van der Waals surface area contributed by atoms with E-state index in [-0.39, 0.29) is 6.04 Å². The molecule has 0 aromatic carbocycles. The van der Waals surface area contributed by atoms with Crippen LogP contribution in [0.15, 0.2) is 5.10 Å². The first kappa shape index (κ1) is 11.5. The molecule has 7 heteroatoms. The number of hydrogen-bond donors (Lipinski definition) is 0. The molecular weight excluding hydrogens is 256 g/mol. The molecule has 0 bridgehead atoms. The van der Waals surface area contributed by atoms with Crippen LogP contribution in [-0.2, 0) is 0 Å². The first-order valence-electron chi connectivity index (χ1n) is 3.65. The fourth-order valence-corrected chi connectivity index (χ4v) is 1.95. The van der Waals surface area contributed by atoms with Gasteiger partial charge in [-0.15, -0.1) is 0 Å². The molecule has 1 unspecified atom stereocenters. The second kappa shape index (κ2) is 3.89. The van der Waals surface area contributed by atoms with Gasteiger partial charge in [-0.25, -0.2) is 0 Å². The lowest BCUT2D eigenvalue weighted by Crippen LogP contribution is -2.44. The SMILES string of the molecule is CC(C)N1N=CN(C(Cl)(Cl)Cl)C1Cl. The minimum atomic E-state index is -1.56. The third-order valence-electron chi connectivity index (χ3n) is 1.58. The van der Waals surface area contributed by atoms with Gasteiger partial charge in [0.15, 0.2) is 5.62 Å². The molecule has 0 aromatic rings. The topological polar surface area (TPSA) is 18.8 Å². The van der Waals surface area contributed by atoms with E-state index in [9.17, 15) is 0 Å². The van der Waals surface area contributed by atoms with Crippen molar-refractivity contribution in [3.63, 3.8) is 0 Å². The predicted octanol–water partition coefficient (Wildman–Crippen LogP) is 2.81. The summed E-state index contributed by atoms with van der Waals surface area (Å²) < 4.78 is -1.56. The standard InChI is InChI=1S/C6H9Cl4N3/c1-4(2)13-5(7)12(3-11-13)6(8,9)10/h3-5H,1-2H3. The summed E-state index contributed by atoms with van der Waals surface area (Å²) in [6, 6.07) is 0.163. The van der Waals surface area contributed by atoms with Gasteiger partial charge < -0.3 is 0 Å². The molecule has 1 atom stereocenters. The van der Waals surface area contributed by atoms with Gasteiger partial charge in [0.2, 0.25) is 0 Å². The van der Waals surface area contributed by atoms with E-state index in [0.717, 1.165) is 0 Å². The molecule has 1 aliphatic rings. The highest BCUT2D eigenvalue weighted by molar-refractivity contribution is 6.67. The summed E-state index contributed by atoms with van der Waals surface area (Å²) in [7, 11) is 0. The van der Waals surface area contributed by atoms with Crippen LogP contribution in [0, 0.1) is 0 Å². The van der Waals surface area contributed by atoms with Gasteiger partial charge in [0.25, 0.3) is 3.92 Å². The van der Waals surface area contributed by atoms with Crippen LogP contribution in [0.5, 0.6) is 0 Å². The van der Waals surface area contributed by atoms with Crippen LogP contribution in [0.3, 0.4) is 0 Å². The van der Waals surface area contributed by atoms with Gasteiger partial charge >= 0.3 is 0 Å². The number of hydrogen-bond acceptors (Lipinski definition) is 3. The largest absolute Gasteiger partial charge is 0.281 e. The Balaban J connectivity index is 2.72. The van der Waals surface area contributed by atoms with E-state index < -0.39 is 9.54 Å². The summed E-state index contributed by atoms with van der Waals surface area (Å²) in [6.07, 6.45) is 1.42. The van der Waals surface area contributed by atoms with Gasteiger partial charge in [-0.1, -0.05) is 46.4 Å². The molecule has 13 heavy (non-hydrogen) atoms. The van der Waals surface area contributed by atoms with Crippen LogP contribution in [-0.4, -0.2) is 31.8 Å². The zero-order valence-corrected chi connectivity index (χ0v) is 10.1. The molecular formula is C6H9Cl4N3. The lowest BCUT2D eigenvalue weighted by Gasteiger charge is -2.31. The molecule has 0 N–H and O–H groups in total. The maximum Gasteiger partial charge on any atom is 0.271 e. The van der Waals surface area contributed by atoms with E-state index in [1.54, 1.807) is 5.01 Å². The average molecular weight is 265 g/mol. The van der Waals surface area contributed by atoms with Crippen LogP contribution in [0.1, 0.15) is 13.8 Å². The zero-order valence-electron chi connectivity index (χ0n) is 7.09. The van der Waals surface area contributed by atoms with Crippen LogP contribution in [0.25, 0.3) is 0 Å². The lowest BCUT2D eigenvalue weighted by atomic mass is 10.4. The molecule has 76 valence electrons. The smallest absolute Gasteiger partial charge is 0.271 e. The van der Waals surface area contributed by atoms with Gasteiger partial charge in [0, 0.05) is 6.04 Å². The number of alkyl halides is 4. The van der Waals surface area contributed by atoms with Crippen LogP contribution < -0.4 is 0 Å². The zero-order chi connectivity index (χ0) is 10.2. The second-order valence-electron chi connectivity index (χ2n) is 2.89. The van der Waals surface area contributed by atoms with E-state index in [2.05, 4.69) is 5.10 Å². The molecule has 0 aromatic heterocycles. The van der Waals surface area contributed by atoms with Crippen LogP contribution in [0.2, 0.25) is 0 Å². The van der Waals surface area contributed by atoms with Gasteiger partial charge in [-0.3, -0.25) is 9.91 Å². The lowest BCUT2D eigenvalue weighted by molar-refractivity contribution is 0.160. The number of rotatable bonds is 1. The highest BCUT2D eigenvalue weighted by Crippen LogP contribution is 2.36. The summed E-state index contributed by atoms with van der Waals surface area (Å²) >= 11 is 23.0. The van der Waals surface area contributed by atoms with Crippen molar-refractivity contribution >= 4 is 52.7 Å². The minimum absolute atomic E-state index is 0.163. The molecule has 0 fully saturated rings. The second-order valence-corrected chi connectivity index (χ2v) is 5.50. The Morgan fingerprint density at radius 1 is 1.38 bits per heavy atom. The van der Waals surface area contributed by atoms with E-state index in [1.165, 1.54) is 11.2 Å². The molecule has 1 aliphatic heterocycles. The Kier molecular flexibility index (Phi) is 3.44. The van der Waals surface area contributed by atoms with Crippen molar-refractivity contribution in [1.82, 2.24) is 9.91 Å². The van der Waals surface area contributed by atoms with Gasteiger partial charge in [-0.2, -0.15) is 5.10 Å². The Labute approximate surface area is 97.2 Å². The fourth-order valence-electron chi connectivity index (χ4n) is 0.918. The van der Waals surface area contributed by atoms with Crippen molar-refractivity contribution in [2.45, 2.75) is 29.4 Å². The summed E-state index contributed by atoms with van der Waals surface area (Å²) in [5.41, 5.74) is -0.549. The predicted molar refractivity (Wildman–Crippen MR) is 57.2 cm³/mol. The quantitative estimate of drug-likeness (QED) is 0.536. The highest BCUT2D eigenvalue weighted by Gasteiger charge is 2.39. The van der Waals surface area contributed by atoms with Crippen molar-refractivity contribution in [3.05, 3.63) is 0 Å². The Morgan fingerprint density at radius 3 is 2.15 bits per heavy atom. The highest BCUT2D eigenvalue weighted by atomic mass is 35.6. The number of nitrogens with zero attached hydrogens (tertiary/aromatic N) is 3. The Morgan fingerprint density at radius 2 is 1.92 bits per heavy atom. The summed E-state index contributed by atoms with van der Waals surface area (Å²) in [5.74, 6) is 0. The molecule has 3 nitrogen and oxygen atoms in total. The van der Waals surface area contributed by atoms with Crippen LogP contribution >= 0.6 is 46.4 Å². The molecule has 0 aliphatic carbocycles. The molecule has 1 rings (SSSR count). The van der Waals surface area contributed by atoms with Crippen molar-refractivity contribution in [1.29, 1.82) is 0 Å². The van der Waals surface area contributed by atoms with Crippen molar-refractivity contribution in [2.24, 2.45) is 5.10 Å².